The van der Waals surface area contributed by atoms with Crippen LogP contribution in [0.2, 0.25) is 5.02 Å². The molecular weight excluding hydrogens is 220 g/mol. The number of halogens is 1. The molecule has 0 fully saturated rings. The fourth-order valence-corrected chi connectivity index (χ4v) is 2.14. The third-order valence-corrected chi connectivity index (χ3v) is 3.32. The summed E-state index contributed by atoms with van der Waals surface area (Å²) in [5.74, 6) is 0. The van der Waals surface area contributed by atoms with Gasteiger partial charge in [-0.3, -0.25) is 0 Å². The molecule has 0 unspecified atom stereocenters. The van der Waals surface area contributed by atoms with Crippen molar-refractivity contribution < 1.29 is 0 Å². The maximum Gasteiger partial charge on any atom is 0.0457 e. The molecule has 86 valence electrons. The Bertz CT molecular complexity index is 500. The van der Waals surface area contributed by atoms with Gasteiger partial charge in [0.2, 0.25) is 0 Å². The molecule has 0 radical (unpaired) electrons. The van der Waals surface area contributed by atoms with Gasteiger partial charge >= 0.3 is 0 Å². The fraction of sp³-hybridized carbons (Fsp3) is 0.385. The van der Waals surface area contributed by atoms with E-state index in [1.807, 2.05) is 18.2 Å². The van der Waals surface area contributed by atoms with Gasteiger partial charge in [-0.15, -0.1) is 0 Å². The molecule has 1 aromatic heterocycles. The highest BCUT2D eigenvalue weighted by atomic mass is 35.5. The summed E-state index contributed by atoms with van der Waals surface area (Å²) >= 11 is 5.97. The second kappa shape index (κ2) is 4.11. The smallest absolute Gasteiger partial charge is 0.0457 e. The molecule has 0 amide bonds. The Labute approximate surface area is 101 Å². The van der Waals surface area contributed by atoms with E-state index in [2.05, 4.69) is 24.9 Å². The molecular formula is C13H17ClN2. The standard InChI is InChI=1S/C13H17ClN2/c1-13(2,5-6-15)12-8-9-7-10(14)3-4-11(9)16-12/h3-4,7-8,16H,5-6,15H2,1-2H3. The first kappa shape index (κ1) is 11.5. The van der Waals surface area contributed by atoms with E-state index in [-0.39, 0.29) is 5.41 Å². The first-order chi connectivity index (χ1) is 7.53. The highest BCUT2D eigenvalue weighted by Crippen LogP contribution is 2.29. The molecule has 1 heterocycles. The summed E-state index contributed by atoms with van der Waals surface area (Å²) in [6, 6.07) is 8.06. The number of aromatic nitrogens is 1. The maximum atomic E-state index is 5.97. The molecule has 0 saturated carbocycles. The molecule has 1 aromatic carbocycles. The monoisotopic (exact) mass is 236 g/mol. The number of hydrogen-bond acceptors (Lipinski definition) is 1. The normalized spacial score (nSPS) is 12.2. The van der Waals surface area contributed by atoms with Crippen LogP contribution in [0.4, 0.5) is 0 Å². The molecule has 0 spiro atoms. The minimum atomic E-state index is 0.0836. The van der Waals surface area contributed by atoms with Crippen LogP contribution in [0.5, 0.6) is 0 Å². The zero-order chi connectivity index (χ0) is 11.8. The molecule has 0 aliphatic rings. The quantitative estimate of drug-likeness (QED) is 0.842. The zero-order valence-electron chi connectivity index (χ0n) is 9.68. The van der Waals surface area contributed by atoms with E-state index >= 15 is 0 Å². The van der Waals surface area contributed by atoms with Gasteiger partial charge in [0.05, 0.1) is 0 Å². The maximum absolute atomic E-state index is 5.97. The zero-order valence-corrected chi connectivity index (χ0v) is 10.4. The predicted octanol–water partition coefficient (Wildman–Crippen LogP) is 3.45. The van der Waals surface area contributed by atoms with Gasteiger partial charge in [0.1, 0.15) is 0 Å². The van der Waals surface area contributed by atoms with Crippen LogP contribution in [-0.2, 0) is 5.41 Å². The second-order valence-electron chi connectivity index (χ2n) is 4.84. The predicted molar refractivity (Wildman–Crippen MR) is 70.0 cm³/mol. The van der Waals surface area contributed by atoms with Crippen LogP contribution in [0.3, 0.4) is 0 Å². The van der Waals surface area contributed by atoms with Crippen molar-refractivity contribution in [3.05, 3.63) is 35.0 Å². The van der Waals surface area contributed by atoms with E-state index in [1.54, 1.807) is 0 Å². The lowest BCUT2D eigenvalue weighted by atomic mass is 9.86. The number of fused-ring (bicyclic) bond motifs is 1. The van der Waals surface area contributed by atoms with Crippen molar-refractivity contribution in [2.24, 2.45) is 5.73 Å². The number of rotatable bonds is 3. The van der Waals surface area contributed by atoms with Crippen molar-refractivity contribution in [3.63, 3.8) is 0 Å². The lowest BCUT2D eigenvalue weighted by molar-refractivity contribution is 0.476. The largest absolute Gasteiger partial charge is 0.358 e. The molecule has 0 saturated heterocycles. The van der Waals surface area contributed by atoms with Crippen molar-refractivity contribution in [2.75, 3.05) is 6.54 Å². The van der Waals surface area contributed by atoms with Crippen molar-refractivity contribution in [3.8, 4) is 0 Å². The lowest BCUT2D eigenvalue weighted by Gasteiger charge is -2.22. The van der Waals surface area contributed by atoms with Crippen LogP contribution in [0.15, 0.2) is 24.3 Å². The van der Waals surface area contributed by atoms with E-state index in [4.69, 9.17) is 17.3 Å². The summed E-state index contributed by atoms with van der Waals surface area (Å²) in [4.78, 5) is 3.43. The van der Waals surface area contributed by atoms with Crippen LogP contribution in [0, 0.1) is 0 Å². The Balaban J connectivity index is 2.46. The number of nitrogens with one attached hydrogen (secondary N) is 1. The molecule has 0 aliphatic carbocycles. The Morgan fingerprint density at radius 3 is 2.75 bits per heavy atom. The number of aromatic amines is 1. The molecule has 2 rings (SSSR count). The van der Waals surface area contributed by atoms with Crippen molar-refractivity contribution in [1.29, 1.82) is 0 Å². The molecule has 16 heavy (non-hydrogen) atoms. The Morgan fingerprint density at radius 2 is 2.06 bits per heavy atom. The Morgan fingerprint density at radius 1 is 1.31 bits per heavy atom. The minimum absolute atomic E-state index is 0.0836. The minimum Gasteiger partial charge on any atom is -0.358 e. The van der Waals surface area contributed by atoms with Crippen LogP contribution < -0.4 is 5.73 Å². The van der Waals surface area contributed by atoms with Crippen LogP contribution in [0.25, 0.3) is 10.9 Å². The molecule has 0 atom stereocenters. The first-order valence-electron chi connectivity index (χ1n) is 5.52. The third-order valence-electron chi connectivity index (χ3n) is 3.08. The summed E-state index contributed by atoms with van der Waals surface area (Å²) in [5.41, 5.74) is 8.07. The molecule has 3 N–H and O–H groups in total. The Kier molecular flexibility index (Phi) is 2.96. The molecule has 0 aliphatic heterocycles. The van der Waals surface area contributed by atoms with Gasteiger partial charge in [-0.05, 0) is 37.2 Å². The third kappa shape index (κ3) is 2.08. The number of hydrogen-bond donors (Lipinski definition) is 2. The van der Waals surface area contributed by atoms with E-state index in [0.717, 1.165) is 22.3 Å². The summed E-state index contributed by atoms with van der Waals surface area (Å²) < 4.78 is 0. The molecule has 3 heteroatoms. The van der Waals surface area contributed by atoms with Gasteiger partial charge < -0.3 is 10.7 Å². The van der Waals surface area contributed by atoms with Crippen LogP contribution >= 0.6 is 11.6 Å². The highest BCUT2D eigenvalue weighted by Gasteiger charge is 2.21. The lowest BCUT2D eigenvalue weighted by Crippen LogP contribution is -2.21. The van der Waals surface area contributed by atoms with Crippen molar-refractivity contribution in [2.45, 2.75) is 25.7 Å². The van der Waals surface area contributed by atoms with Gasteiger partial charge in [0.15, 0.2) is 0 Å². The summed E-state index contributed by atoms with van der Waals surface area (Å²) in [6.07, 6.45) is 0.966. The summed E-state index contributed by atoms with van der Waals surface area (Å²) in [5, 5.41) is 1.93. The Hall–Kier alpha value is -0.990. The first-order valence-corrected chi connectivity index (χ1v) is 5.89. The van der Waals surface area contributed by atoms with Crippen LogP contribution in [-0.4, -0.2) is 11.5 Å². The van der Waals surface area contributed by atoms with Crippen molar-refractivity contribution >= 4 is 22.5 Å². The van der Waals surface area contributed by atoms with Gasteiger partial charge in [-0.2, -0.15) is 0 Å². The van der Waals surface area contributed by atoms with E-state index in [1.165, 1.54) is 5.69 Å². The molecule has 2 nitrogen and oxygen atoms in total. The topological polar surface area (TPSA) is 41.8 Å². The molecule has 2 aromatic rings. The average Bonchev–Trinajstić information content (AvgIpc) is 2.61. The van der Waals surface area contributed by atoms with Gasteiger partial charge in [0, 0.05) is 27.0 Å². The number of benzene rings is 1. The fourth-order valence-electron chi connectivity index (χ4n) is 1.96. The number of H-pyrrole nitrogens is 1. The van der Waals surface area contributed by atoms with E-state index < -0.39 is 0 Å². The van der Waals surface area contributed by atoms with E-state index in [0.29, 0.717) is 6.54 Å². The molecule has 0 bridgehead atoms. The van der Waals surface area contributed by atoms with Crippen LogP contribution in [0.1, 0.15) is 26.0 Å². The van der Waals surface area contributed by atoms with Gasteiger partial charge in [-0.1, -0.05) is 25.4 Å². The summed E-state index contributed by atoms with van der Waals surface area (Å²) in [7, 11) is 0. The number of nitrogens with two attached hydrogens (primary N) is 1. The van der Waals surface area contributed by atoms with Gasteiger partial charge in [0.25, 0.3) is 0 Å². The van der Waals surface area contributed by atoms with E-state index in [9.17, 15) is 0 Å². The SMILES string of the molecule is CC(C)(CCN)c1cc2cc(Cl)ccc2[nH]1. The second-order valence-corrected chi connectivity index (χ2v) is 5.27. The van der Waals surface area contributed by atoms with Gasteiger partial charge in [-0.25, -0.2) is 0 Å². The average molecular weight is 237 g/mol. The highest BCUT2D eigenvalue weighted by molar-refractivity contribution is 6.31. The van der Waals surface area contributed by atoms with Crippen molar-refractivity contribution in [1.82, 2.24) is 4.98 Å². The summed E-state index contributed by atoms with van der Waals surface area (Å²) in [6.45, 7) is 5.10.